The molecule has 0 aliphatic heterocycles. The second kappa shape index (κ2) is 7.09. The Morgan fingerprint density at radius 2 is 2.00 bits per heavy atom. The predicted octanol–water partition coefficient (Wildman–Crippen LogP) is 4.33. The molecule has 0 atom stereocenters. The molecule has 1 heterocycles. The fourth-order valence-corrected chi connectivity index (χ4v) is 2.56. The standard InChI is InChI=1S/C21H21NO4/c1-5-21(2,3)26-18-13-22-12-17(19(18)20(23)24-4)25-16-8-6-7-15(11-16)14-9-10-14/h1,6-8,11-14H,9-10H2,2-4H3. The number of rotatable bonds is 6. The van der Waals surface area contributed by atoms with Crippen LogP contribution in [-0.2, 0) is 4.74 Å². The van der Waals surface area contributed by atoms with E-state index in [-0.39, 0.29) is 17.1 Å². The predicted molar refractivity (Wildman–Crippen MR) is 97.6 cm³/mol. The molecule has 0 N–H and O–H groups in total. The number of esters is 1. The topological polar surface area (TPSA) is 57.7 Å². The van der Waals surface area contributed by atoms with Crippen molar-refractivity contribution in [2.24, 2.45) is 0 Å². The number of nitrogens with zero attached hydrogens (tertiary/aromatic N) is 1. The third-order valence-corrected chi connectivity index (χ3v) is 4.11. The van der Waals surface area contributed by atoms with Gasteiger partial charge in [-0.2, -0.15) is 0 Å². The Bertz CT molecular complexity index is 863. The van der Waals surface area contributed by atoms with Crippen molar-refractivity contribution in [2.45, 2.75) is 38.2 Å². The number of ether oxygens (including phenoxy) is 3. The molecular weight excluding hydrogens is 330 g/mol. The Hall–Kier alpha value is -3.00. The second-order valence-electron chi connectivity index (χ2n) is 6.71. The number of terminal acetylenes is 1. The Morgan fingerprint density at radius 1 is 1.27 bits per heavy atom. The monoisotopic (exact) mass is 351 g/mol. The van der Waals surface area contributed by atoms with Gasteiger partial charge in [0.05, 0.1) is 19.5 Å². The van der Waals surface area contributed by atoms with E-state index in [1.807, 2.05) is 18.2 Å². The molecule has 0 spiro atoms. The number of pyridine rings is 1. The highest BCUT2D eigenvalue weighted by Crippen LogP contribution is 2.41. The molecule has 1 aromatic carbocycles. The minimum absolute atomic E-state index is 0.155. The summed E-state index contributed by atoms with van der Waals surface area (Å²) in [7, 11) is 1.30. The summed E-state index contributed by atoms with van der Waals surface area (Å²) in [5, 5.41) is 0. The van der Waals surface area contributed by atoms with E-state index in [1.54, 1.807) is 13.8 Å². The second-order valence-corrected chi connectivity index (χ2v) is 6.71. The average Bonchev–Trinajstić information content (AvgIpc) is 3.46. The first-order valence-corrected chi connectivity index (χ1v) is 8.44. The lowest BCUT2D eigenvalue weighted by atomic mass is 10.1. The van der Waals surface area contributed by atoms with Crippen molar-refractivity contribution in [1.29, 1.82) is 0 Å². The molecule has 0 saturated heterocycles. The molecule has 2 aromatic rings. The van der Waals surface area contributed by atoms with Gasteiger partial charge >= 0.3 is 5.97 Å². The maximum atomic E-state index is 12.3. The van der Waals surface area contributed by atoms with Gasteiger partial charge in [-0.15, -0.1) is 6.42 Å². The van der Waals surface area contributed by atoms with Crippen LogP contribution in [0, 0.1) is 12.3 Å². The maximum Gasteiger partial charge on any atom is 0.345 e. The molecule has 0 unspecified atom stereocenters. The van der Waals surface area contributed by atoms with E-state index in [4.69, 9.17) is 20.6 Å². The van der Waals surface area contributed by atoms with Crippen LogP contribution in [0.2, 0.25) is 0 Å². The molecule has 0 radical (unpaired) electrons. The van der Waals surface area contributed by atoms with Gasteiger partial charge in [0.1, 0.15) is 11.3 Å². The van der Waals surface area contributed by atoms with Crippen LogP contribution in [0.4, 0.5) is 0 Å². The van der Waals surface area contributed by atoms with Crippen LogP contribution >= 0.6 is 0 Å². The maximum absolute atomic E-state index is 12.3. The normalized spacial score (nSPS) is 13.6. The number of hydrogen-bond acceptors (Lipinski definition) is 5. The first-order valence-electron chi connectivity index (χ1n) is 8.44. The van der Waals surface area contributed by atoms with Crippen LogP contribution in [0.15, 0.2) is 36.7 Å². The first kappa shape index (κ1) is 17.8. The summed E-state index contributed by atoms with van der Waals surface area (Å²) in [6.45, 7) is 3.45. The SMILES string of the molecule is C#CC(C)(C)Oc1cncc(Oc2cccc(C3CC3)c2)c1C(=O)OC. The van der Waals surface area contributed by atoms with Gasteiger partial charge in [-0.1, -0.05) is 18.1 Å². The summed E-state index contributed by atoms with van der Waals surface area (Å²) >= 11 is 0. The fraction of sp³-hybridized carbons (Fsp3) is 0.333. The van der Waals surface area contributed by atoms with Gasteiger partial charge in [-0.05, 0) is 50.3 Å². The summed E-state index contributed by atoms with van der Waals surface area (Å²) in [4.78, 5) is 16.5. The lowest BCUT2D eigenvalue weighted by Gasteiger charge is -2.22. The van der Waals surface area contributed by atoms with Crippen molar-refractivity contribution in [2.75, 3.05) is 7.11 Å². The van der Waals surface area contributed by atoms with Crippen molar-refractivity contribution in [3.8, 4) is 29.6 Å². The lowest BCUT2D eigenvalue weighted by Crippen LogP contribution is -2.26. The highest BCUT2D eigenvalue weighted by Gasteiger charge is 2.26. The summed E-state index contributed by atoms with van der Waals surface area (Å²) in [5.41, 5.74) is 0.480. The zero-order valence-corrected chi connectivity index (χ0v) is 15.1. The van der Waals surface area contributed by atoms with Crippen molar-refractivity contribution < 1.29 is 19.0 Å². The van der Waals surface area contributed by atoms with E-state index in [2.05, 4.69) is 17.0 Å². The van der Waals surface area contributed by atoms with Gasteiger partial charge in [0.25, 0.3) is 0 Å². The zero-order valence-electron chi connectivity index (χ0n) is 15.1. The highest BCUT2D eigenvalue weighted by molar-refractivity contribution is 5.95. The zero-order chi connectivity index (χ0) is 18.7. The molecule has 0 bridgehead atoms. The molecular formula is C21H21NO4. The van der Waals surface area contributed by atoms with Gasteiger partial charge in [0, 0.05) is 0 Å². The Morgan fingerprint density at radius 3 is 2.65 bits per heavy atom. The van der Waals surface area contributed by atoms with Gasteiger partial charge in [-0.3, -0.25) is 4.98 Å². The molecule has 5 nitrogen and oxygen atoms in total. The minimum atomic E-state index is -0.908. The number of aromatic nitrogens is 1. The van der Waals surface area contributed by atoms with Crippen LogP contribution in [0.1, 0.15) is 48.5 Å². The van der Waals surface area contributed by atoms with E-state index in [1.165, 1.54) is 37.9 Å². The first-order chi connectivity index (χ1) is 12.4. The molecule has 1 fully saturated rings. The van der Waals surface area contributed by atoms with Crippen molar-refractivity contribution in [1.82, 2.24) is 4.98 Å². The van der Waals surface area contributed by atoms with Gasteiger partial charge in [-0.25, -0.2) is 4.79 Å². The van der Waals surface area contributed by atoms with Crippen LogP contribution < -0.4 is 9.47 Å². The number of carbonyl (C=O) groups is 1. The minimum Gasteiger partial charge on any atom is -0.473 e. The largest absolute Gasteiger partial charge is 0.473 e. The fourth-order valence-electron chi connectivity index (χ4n) is 2.56. The highest BCUT2D eigenvalue weighted by atomic mass is 16.5. The third kappa shape index (κ3) is 3.97. The number of methoxy groups -OCH3 is 1. The molecule has 1 aliphatic carbocycles. The van der Waals surface area contributed by atoms with E-state index >= 15 is 0 Å². The molecule has 1 aromatic heterocycles. The summed E-state index contributed by atoms with van der Waals surface area (Å²) < 4.78 is 16.6. The van der Waals surface area contributed by atoms with Crippen LogP contribution in [0.25, 0.3) is 0 Å². The number of hydrogen-bond donors (Lipinski definition) is 0. The van der Waals surface area contributed by atoms with Crippen LogP contribution in [-0.4, -0.2) is 23.7 Å². The lowest BCUT2D eigenvalue weighted by molar-refractivity contribution is 0.0587. The number of benzene rings is 1. The summed E-state index contributed by atoms with van der Waals surface area (Å²) in [6.07, 6.45) is 10.8. The molecule has 5 heteroatoms. The van der Waals surface area contributed by atoms with Gasteiger partial charge in [0.15, 0.2) is 17.1 Å². The molecule has 0 amide bonds. The Balaban J connectivity index is 1.97. The molecule has 26 heavy (non-hydrogen) atoms. The molecule has 1 aliphatic rings. The Kier molecular flexibility index (Phi) is 4.85. The van der Waals surface area contributed by atoms with Gasteiger partial charge < -0.3 is 14.2 Å². The van der Waals surface area contributed by atoms with E-state index in [0.717, 1.165) is 0 Å². The van der Waals surface area contributed by atoms with Crippen molar-refractivity contribution in [3.63, 3.8) is 0 Å². The molecule has 1 saturated carbocycles. The van der Waals surface area contributed by atoms with Gasteiger partial charge in [0.2, 0.25) is 0 Å². The summed E-state index contributed by atoms with van der Waals surface area (Å²) in [6, 6.07) is 7.85. The van der Waals surface area contributed by atoms with E-state index < -0.39 is 11.6 Å². The third-order valence-electron chi connectivity index (χ3n) is 4.11. The summed E-state index contributed by atoms with van der Waals surface area (Å²) in [5.74, 6) is 3.66. The van der Waals surface area contributed by atoms with Crippen LogP contribution in [0.3, 0.4) is 0 Å². The van der Waals surface area contributed by atoms with Crippen LogP contribution in [0.5, 0.6) is 17.2 Å². The quantitative estimate of drug-likeness (QED) is 0.573. The van der Waals surface area contributed by atoms with Crippen molar-refractivity contribution >= 4 is 5.97 Å². The van der Waals surface area contributed by atoms with E-state index in [0.29, 0.717) is 11.7 Å². The molecule has 134 valence electrons. The molecule has 3 rings (SSSR count). The Labute approximate surface area is 153 Å². The smallest absolute Gasteiger partial charge is 0.345 e. The average molecular weight is 351 g/mol. The van der Waals surface area contributed by atoms with Crippen molar-refractivity contribution in [3.05, 3.63) is 47.8 Å². The van der Waals surface area contributed by atoms with E-state index in [9.17, 15) is 4.79 Å². The number of carbonyl (C=O) groups excluding carboxylic acids is 1.